The highest BCUT2D eigenvalue weighted by Crippen LogP contribution is 2.22. The van der Waals surface area contributed by atoms with Gasteiger partial charge in [0.25, 0.3) is 0 Å². The average Bonchev–Trinajstić information content (AvgIpc) is 2.55. The summed E-state index contributed by atoms with van der Waals surface area (Å²) in [6.45, 7) is 2.60. The molecular weight excluding hydrogens is 243 g/mol. The molecule has 1 heterocycles. The molecule has 0 spiro atoms. The quantitative estimate of drug-likeness (QED) is 0.766. The molecule has 0 aliphatic rings. The van der Waals surface area contributed by atoms with Crippen molar-refractivity contribution in [3.05, 3.63) is 52.3 Å². The summed E-state index contributed by atoms with van der Waals surface area (Å²) in [6.07, 6.45) is 0. The van der Waals surface area contributed by atoms with Crippen LogP contribution < -0.4 is 0 Å². The Balaban J connectivity index is 2.29. The Hall–Kier alpha value is -0.990. The van der Waals surface area contributed by atoms with E-state index in [1.165, 1.54) is 5.56 Å². The summed E-state index contributed by atoms with van der Waals surface area (Å²) in [5, 5.41) is 5.01. The Labute approximate surface area is 105 Å². The molecule has 0 fully saturated rings. The van der Waals surface area contributed by atoms with Crippen molar-refractivity contribution < 1.29 is 0 Å². The first kappa shape index (κ1) is 11.5. The zero-order valence-electron chi connectivity index (χ0n) is 8.95. The van der Waals surface area contributed by atoms with Gasteiger partial charge in [0.1, 0.15) is 5.15 Å². The van der Waals surface area contributed by atoms with Gasteiger partial charge in [-0.15, -0.1) is 11.6 Å². The zero-order valence-corrected chi connectivity index (χ0v) is 10.5. The number of benzene rings is 1. The molecule has 1 aromatic carbocycles. The first-order chi connectivity index (χ1) is 7.72. The molecule has 0 bridgehead atoms. The lowest BCUT2D eigenvalue weighted by Crippen LogP contribution is -2.01. The molecule has 0 atom stereocenters. The van der Waals surface area contributed by atoms with E-state index in [2.05, 4.69) is 5.10 Å². The van der Waals surface area contributed by atoms with Crippen LogP contribution in [0.15, 0.2) is 30.3 Å². The molecule has 2 aromatic rings. The molecule has 0 radical (unpaired) electrons. The Bertz CT molecular complexity index is 477. The number of halogens is 2. The van der Waals surface area contributed by atoms with Gasteiger partial charge in [-0.25, -0.2) is 4.68 Å². The van der Waals surface area contributed by atoms with E-state index in [4.69, 9.17) is 23.2 Å². The van der Waals surface area contributed by atoms with Gasteiger partial charge in [-0.2, -0.15) is 5.10 Å². The summed E-state index contributed by atoms with van der Waals surface area (Å²) in [7, 11) is 0. The fourth-order valence-corrected chi connectivity index (χ4v) is 2.29. The van der Waals surface area contributed by atoms with Gasteiger partial charge in [0.15, 0.2) is 0 Å². The summed E-state index contributed by atoms with van der Waals surface area (Å²) < 4.78 is 1.78. The lowest BCUT2D eigenvalue weighted by molar-refractivity contribution is 0.680. The van der Waals surface area contributed by atoms with E-state index in [0.29, 0.717) is 17.6 Å². The molecule has 1 aromatic heterocycles. The summed E-state index contributed by atoms with van der Waals surface area (Å²) >= 11 is 12.0. The monoisotopic (exact) mass is 254 g/mol. The van der Waals surface area contributed by atoms with Crippen LogP contribution in [0, 0.1) is 6.92 Å². The zero-order chi connectivity index (χ0) is 11.5. The van der Waals surface area contributed by atoms with Crippen molar-refractivity contribution in [1.82, 2.24) is 9.78 Å². The largest absolute Gasteiger partial charge is 0.249 e. The topological polar surface area (TPSA) is 17.8 Å². The maximum Gasteiger partial charge on any atom is 0.132 e. The van der Waals surface area contributed by atoms with Gasteiger partial charge in [-0.3, -0.25) is 0 Å². The lowest BCUT2D eigenvalue weighted by Gasteiger charge is -2.03. The highest BCUT2D eigenvalue weighted by Gasteiger charge is 2.12. The van der Waals surface area contributed by atoms with Gasteiger partial charge in [0.2, 0.25) is 0 Å². The van der Waals surface area contributed by atoms with Crippen molar-refractivity contribution in [2.24, 2.45) is 0 Å². The molecule has 84 valence electrons. The van der Waals surface area contributed by atoms with Crippen molar-refractivity contribution in [3.63, 3.8) is 0 Å². The van der Waals surface area contributed by atoms with E-state index in [0.717, 1.165) is 11.3 Å². The SMILES string of the molecule is Cc1nn(Cc2ccccc2)c(Cl)c1CCl. The predicted molar refractivity (Wildman–Crippen MR) is 67.1 cm³/mol. The van der Waals surface area contributed by atoms with Crippen molar-refractivity contribution in [2.75, 3.05) is 0 Å². The average molecular weight is 255 g/mol. The van der Waals surface area contributed by atoms with E-state index in [-0.39, 0.29) is 0 Å². The van der Waals surface area contributed by atoms with Gasteiger partial charge < -0.3 is 0 Å². The van der Waals surface area contributed by atoms with E-state index in [1.807, 2.05) is 37.3 Å². The number of rotatable bonds is 3. The fourth-order valence-electron chi connectivity index (χ4n) is 1.60. The van der Waals surface area contributed by atoms with Crippen LogP contribution in [-0.4, -0.2) is 9.78 Å². The third kappa shape index (κ3) is 2.23. The number of hydrogen-bond donors (Lipinski definition) is 0. The summed E-state index contributed by atoms with van der Waals surface area (Å²) in [5.74, 6) is 0.402. The summed E-state index contributed by atoms with van der Waals surface area (Å²) in [5.41, 5.74) is 2.99. The minimum atomic E-state index is 0.402. The number of alkyl halides is 1. The lowest BCUT2D eigenvalue weighted by atomic mass is 10.2. The summed E-state index contributed by atoms with van der Waals surface area (Å²) in [4.78, 5) is 0. The highest BCUT2D eigenvalue weighted by atomic mass is 35.5. The molecule has 2 rings (SSSR count). The summed E-state index contributed by atoms with van der Waals surface area (Å²) in [6, 6.07) is 10.1. The molecule has 0 unspecified atom stereocenters. The minimum absolute atomic E-state index is 0.402. The van der Waals surface area contributed by atoms with Gasteiger partial charge >= 0.3 is 0 Å². The first-order valence-electron chi connectivity index (χ1n) is 5.04. The van der Waals surface area contributed by atoms with Crippen molar-refractivity contribution in [3.8, 4) is 0 Å². The maximum absolute atomic E-state index is 6.20. The second kappa shape index (κ2) is 4.89. The van der Waals surface area contributed by atoms with Crippen LogP contribution >= 0.6 is 23.2 Å². The van der Waals surface area contributed by atoms with E-state index in [1.54, 1.807) is 4.68 Å². The van der Waals surface area contributed by atoms with Crippen LogP contribution in [0.2, 0.25) is 5.15 Å². The number of hydrogen-bond acceptors (Lipinski definition) is 1. The minimum Gasteiger partial charge on any atom is -0.249 e. The van der Waals surface area contributed by atoms with E-state index >= 15 is 0 Å². The van der Waals surface area contributed by atoms with E-state index < -0.39 is 0 Å². The second-order valence-electron chi connectivity index (χ2n) is 3.63. The molecule has 0 aliphatic heterocycles. The van der Waals surface area contributed by atoms with Gasteiger partial charge in [-0.05, 0) is 12.5 Å². The van der Waals surface area contributed by atoms with Crippen LogP contribution in [0.1, 0.15) is 16.8 Å². The molecule has 4 heteroatoms. The van der Waals surface area contributed by atoms with E-state index in [9.17, 15) is 0 Å². The Morgan fingerprint density at radius 1 is 1.25 bits per heavy atom. The van der Waals surface area contributed by atoms with Crippen LogP contribution in [0.25, 0.3) is 0 Å². The molecule has 2 nitrogen and oxygen atoms in total. The fraction of sp³-hybridized carbons (Fsp3) is 0.250. The van der Waals surface area contributed by atoms with Crippen LogP contribution in [0.4, 0.5) is 0 Å². The van der Waals surface area contributed by atoms with Crippen molar-refractivity contribution >= 4 is 23.2 Å². The van der Waals surface area contributed by atoms with Crippen molar-refractivity contribution in [1.29, 1.82) is 0 Å². The van der Waals surface area contributed by atoms with Crippen LogP contribution in [-0.2, 0) is 12.4 Å². The molecule has 16 heavy (non-hydrogen) atoms. The second-order valence-corrected chi connectivity index (χ2v) is 4.26. The molecule has 0 N–H and O–H groups in total. The first-order valence-corrected chi connectivity index (χ1v) is 5.95. The third-order valence-electron chi connectivity index (χ3n) is 2.49. The Kier molecular flexibility index (Phi) is 3.52. The normalized spacial score (nSPS) is 10.7. The maximum atomic E-state index is 6.20. The van der Waals surface area contributed by atoms with Crippen LogP contribution in [0.5, 0.6) is 0 Å². The van der Waals surface area contributed by atoms with Gasteiger partial charge in [0, 0.05) is 5.56 Å². The molecular formula is C12H12Cl2N2. The molecule has 0 saturated carbocycles. The molecule has 0 aliphatic carbocycles. The van der Waals surface area contributed by atoms with Crippen molar-refractivity contribution in [2.45, 2.75) is 19.3 Å². The smallest absolute Gasteiger partial charge is 0.132 e. The Morgan fingerprint density at radius 2 is 1.94 bits per heavy atom. The number of aryl methyl sites for hydroxylation is 1. The molecule has 0 saturated heterocycles. The van der Waals surface area contributed by atoms with Gasteiger partial charge in [-0.1, -0.05) is 41.9 Å². The predicted octanol–water partition coefficient (Wildman–Crippen LogP) is 3.63. The standard InChI is InChI=1S/C12H12Cl2N2/c1-9-11(7-13)12(14)16(15-9)8-10-5-3-2-4-6-10/h2-6H,7-8H2,1H3. The van der Waals surface area contributed by atoms with Gasteiger partial charge in [0.05, 0.1) is 18.1 Å². The highest BCUT2D eigenvalue weighted by molar-refractivity contribution is 6.31. The number of nitrogens with zero attached hydrogens (tertiary/aromatic N) is 2. The number of aromatic nitrogens is 2. The van der Waals surface area contributed by atoms with Crippen LogP contribution in [0.3, 0.4) is 0 Å². The Morgan fingerprint density at radius 3 is 2.50 bits per heavy atom. The molecule has 0 amide bonds. The third-order valence-corrected chi connectivity index (χ3v) is 3.18.